The van der Waals surface area contributed by atoms with Crippen molar-refractivity contribution in [2.75, 3.05) is 51.6 Å². The van der Waals surface area contributed by atoms with Crippen molar-refractivity contribution in [2.45, 2.75) is 69.7 Å². The van der Waals surface area contributed by atoms with Crippen LogP contribution in [0.25, 0.3) is 0 Å². The van der Waals surface area contributed by atoms with E-state index in [1.54, 1.807) is 23.1 Å². The number of hydrogen-bond donors (Lipinski definition) is 2. The number of urea groups is 1. The second-order valence-electron chi connectivity index (χ2n) is 13.5. The molecule has 3 fully saturated rings. The standard InChI is InChI=1S/C35H46BrN5O5/c1-38-15-8-26(9-16-38)27-10-17-39(18-11-27)35(14-21-42)23-29(40-19-12-28-4-2-3-5-31(28)37-33(40)44)13-20-41(35)34(45)46-24-25-6-7-32(43)30(36)22-25/h2-7,21-22,26-27,29,43H,8-20,23-24H2,1H3,(H,37,44)/t29-,35+/m1/s1. The van der Waals surface area contributed by atoms with Crippen LogP contribution in [0, 0.1) is 11.8 Å². The fourth-order valence-corrected chi connectivity index (χ4v) is 8.67. The number of rotatable bonds is 7. The zero-order valence-electron chi connectivity index (χ0n) is 26.7. The molecule has 0 bridgehead atoms. The molecule has 2 atom stereocenters. The maximum absolute atomic E-state index is 14.0. The number of phenols is 1. The molecule has 46 heavy (non-hydrogen) atoms. The van der Waals surface area contributed by atoms with Crippen LogP contribution in [0.1, 0.15) is 56.1 Å². The topological polar surface area (TPSA) is 106 Å². The van der Waals surface area contributed by atoms with Crippen LogP contribution in [0.5, 0.6) is 5.75 Å². The zero-order valence-corrected chi connectivity index (χ0v) is 28.3. The number of nitrogens with one attached hydrogen (secondary N) is 1. The number of phenolic OH excluding ortho intramolecular Hbond substituents is 1. The van der Waals surface area contributed by atoms with Gasteiger partial charge in [0.05, 0.1) is 4.47 Å². The summed E-state index contributed by atoms with van der Waals surface area (Å²) >= 11 is 3.34. The van der Waals surface area contributed by atoms with Gasteiger partial charge in [0, 0.05) is 50.7 Å². The number of nitrogens with zero attached hydrogens (tertiary/aromatic N) is 4. The van der Waals surface area contributed by atoms with E-state index in [1.807, 2.05) is 23.1 Å². The number of carbonyl (C=O) groups excluding carboxylic acids is 3. The highest BCUT2D eigenvalue weighted by molar-refractivity contribution is 9.10. The Kier molecular flexibility index (Phi) is 10.2. The Labute approximate surface area is 280 Å². The van der Waals surface area contributed by atoms with Crippen LogP contribution in [-0.4, -0.2) is 101 Å². The minimum absolute atomic E-state index is 0.0415. The second-order valence-corrected chi connectivity index (χ2v) is 14.3. The van der Waals surface area contributed by atoms with Gasteiger partial charge in [0.1, 0.15) is 24.3 Å². The Morgan fingerprint density at radius 2 is 1.74 bits per heavy atom. The van der Waals surface area contributed by atoms with E-state index < -0.39 is 11.8 Å². The second kappa shape index (κ2) is 14.3. The van der Waals surface area contributed by atoms with Crippen LogP contribution in [0.2, 0.25) is 0 Å². The predicted molar refractivity (Wildman–Crippen MR) is 180 cm³/mol. The van der Waals surface area contributed by atoms with Gasteiger partial charge in [0.25, 0.3) is 0 Å². The number of aromatic hydroxyl groups is 1. The number of fused-ring (bicyclic) bond motifs is 1. The van der Waals surface area contributed by atoms with Gasteiger partial charge in [0.2, 0.25) is 0 Å². The number of ether oxygens (including phenoxy) is 1. The van der Waals surface area contributed by atoms with Gasteiger partial charge in [-0.2, -0.15) is 0 Å². The Bertz CT molecular complexity index is 1410. The number of amides is 3. The maximum atomic E-state index is 14.0. The third-order valence-corrected chi connectivity index (χ3v) is 11.5. The lowest BCUT2D eigenvalue weighted by atomic mass is 9.77. The highest BCUT2D eigenvalue weighted by Gasteiger charge is 2.52. The number of aldehydes is 1. The summed E-state index contributed by atoms with van der Waals surface area (Å²) < 4.78 is 6.42. The zero-order chi connectivity index (χ0) is 32.3. The molecule has 3 amide bonds. The lowest BCUT2D eigenvalue weighted by Gasteiger charge is -2.57. The van der Waals surface area contributed by atoms with Gasteiger partial charge in [-0.05, 0) is 116 Å². The number of hydrogen-bond acceptors (Lipinski definition) is 7. The third kappa shape index (κ3) is 6.92. The van der Waals surface area contributed by atoms with Crippen LogP contribution < -0.4 is 5.32 Å². The Morgan fingerprint density at radius 3 is 2.46 bits per heavy atom. The largest absolute Gasteiger partial charge is 0.507 e. The molecule has 0 saturated carbocycles. The average molecular weight is 697 g/mol. The first-order valence-corrected chi connectivity index (χ1v) is 17.5. The Hall–Kier alpha value is -3.15. The molecule has 248 valence electrons. The van der Waals surface area contributed by atoms with Gasteiger partial charge < -0.3 is 29.8 Å². The summed E-state index contributed by atoms with van der Waals surface area (Å²) in [6, 6.07) is 12.7. The van der Waals surface area contributed by atoms with Crippen LogP contribution in [-0.2, 0) is 22.6 Å². The minimum Gasteiger partial charge on any atom is -0.507 e. The number of anilines is 1. The summed E-state index contributed by atoms with van der Waals surface area (Å²) in [5.41, 5.74) is 1.80. The van der Waals surface area contributed by atoms with E-state index in [4.69, 9.17) is 4.74 Å². The van der Waals surface area contributed by atoms with E-state index >= 15 is 0 Å². The highest BCUT2D eigenvalue weighted by Crippen LogP contribution is 2.42. The van der Waals surface area contributed by atoms with Gasteiger partial charge in [-0.15, -0.1) is 0 Å². The van der Waals surface area contributed by atoms with Crippen molar-refractivity contribution < 1.29 is 24.2 Å². The monoisotopic (exact) mass is 695 g/mol. The molecule has 0 unspecified atom stereocenters. The lowest BCUT2D eigenvalue weighted by molar-refractivity contribution is -0.129. The quantitative estimate of drug-likeness (QED) is 0.359. The van der Waals surface area contributed by atoms with E-state index in [9.17, 15) is 19.5 Å². The average Bonchev–Trinajstić information content (AvgIpc) is 3.23. The number of carbonyl (C=O) groups is 3. The normalized spacial score (nSPS) is 25.4. The number of likely N-dealkylation sites (tertiary alicyclic amines) is 3. The fraction of sp³-hybridized carbons (Fsp3) is 0.571. The molecule has 6 rings (SSSR count). The number of halogens is 1. The molecule has 0 aliphatic carbocycles. The molecule has 2 aromatic carbocycles. The summed E-state index contributed by atoms with van der Waals surface area (Å²) in [6.07, 6.45) is 6.94. The van der Waals surface area contributed by atoms with Crippen molar-refractivity contribution in [3.05, 3.63) is 58.1 Å². The number of benzene rings is 2. The molecule has 2 N–H and O–H groups in total. The van der Waals surface area contributed by atoms with E-state index in [0.717, 1.165) is 68.5 Å². The molecule has 2 aromatic rings. The summed E-state index contributed by atoms with van der Waals surface area (Å²) in [7, 11) is 2.19. The van der Waals surface area contributed by atoms with Gasteiger partial charge in [-0.1, -0.05) is 24.3 Å². The van der Waals surface area contributed by atoms with Crippen molar-refractivity contribution in [2.24, 2.45) is 11.8 Å². The molecule has 0 aromatic heterocycles. The number of piperidine rings is 3. The van der Waals surface area contributed by atoms with Gasteiger partial charge in [-0.3, -0.25) is 9.80 Å². The van der Waals surface area contributed by atoms with Crippen LogP contribution in [0.4, 0.5) is 15.3 Å². The molecular weight excluding hydrogens is 650 g/mol. The number of para-hydroxylation sites is 1. The molecule has 11 heteroatoms. The van der Waals surface area contributed by atoms with Gasteiger partial charge in [-0.25, -0.2) is 9.59 Å². The van der Waals surface area contributed by atoms with Crippen molar-refractivity contribution in [1.82, 2.24) is 19.6 Å². The van der Waals surface area contributed by atoms with E-state index in [-0.39, 0.29) is 30.9 Å². The highest BCUT2D eigenvalue weighted by atomic mass is 79.9. The smallest absolute Gasteiger partial charge is 0.411 e. The van der Waals surface area contributed by atoms with Crippen LogP contribution in [0.3, 0.4) is 0 Å². The van der Waals surface area contributed by atoms with E-state index in [2.05, 4.69) is 44.2 Å². The first-order chi connectivity index (χ1) is 22.3. The Morgan fingerprint density at radius 1 is 1.02 bits per heavy atom. The van der Waals surface area contributed by atoms with Gasteiger partial charge in [0.15, 0.2) is 0 Å². The van der Waals surface area contributed by atoms with Crippen LogP contribution in [0.15, 0.2) is 46.9 Å². The molecule has 4 heterocycles. The molecule has 4 aliphatic rings. The van der Waals surface area contributed by atoms with E-state index in [1.165, 1.54) is 12.8 Å². The van der Waals surface area contributed by atoms with Gasteiger partial charge >= 0.3 is 12.1 Å². The molecule has 10 nitrogen and oxygen atoms in total. The predicted octanol–water partition coefficient (Wildman–Crippen LogP) is 5.69. The van der Waals surface area contributed by atoms with Crippen molar-refractivity contribution in [3.63, 3.8) is 0 Å². The summed E-state index contributed by atoms with van der Waals surface area (Å²) in [6.45, 7) is 4.86. The first-order valence-electron chi connectivity index (χ1n) is 16.7. The fourth-order valence-electron chi connectivity index (χ4n) is 8.25. The molecule has 4 aliphatic heterocycles. The van der Waals surface area contributed by atoms with Crippen molar-refractivity contribution in [1.29, 1.82) is 0 Å². The maximum Gasteiger partial charge on any atom is 0.411 e. The minimum atomic E-state index is -0.894. The van der Waals surface area contributed by atoms with E-state index in [0.29, 0.717) is 42.2 Å². The molecular formula is C35H46BrN5O5. The SMILES string of the molecule is CN1CCC(C2CCN([C@]3(CC=O)C[C@H](N4CCc5ccccc5NC4=O)CCN3C(=O)OCc3ccc(O)c(Br)c3)CC2)CC1. The van der Waals surface area contributed by atoms with Crippen molar-refractivity contribution >= 4 is 40.0 Å². The third-order valence-electron chi connectivity index (χ3n) is 10.9. The lowest BCUT2D eigenvalue weighted by Crippen LogP contribution is -2.69. The summed E-state index contributed by atoms with van der Waals surface area (Å²) in [5, 5.41) is 13.0. The molecule has 3 saturated heterocycles. The summed E-state index contributed by atoms with van der Waals surface area (Å²) in [5.74, 6) is 1.47. The van der Waals surface area contributed by atoms with Crippen LogP contribution >= 0.6 is 15.9 Å². The Balaban J connectivity index is 1.23. The molecule has 0 spiro atoms. The first kappa shape index (κ1) is 32.8. The van der Waals surface area contributed by atoms with Crippen molar-refractivity contribution in [3.8, 4) is 5.75 Å². The molecule has 0 radical (unpaired) electrons. The summed E-state index contributed by atoms with van der Waals surface area (Å²) in [4.78, 5) is 48.5.